The topological polar surface area (TPSA) is 39.2 Å². The molecule has 0 radical (unpaired) electrons. The van der Waals surface area contributed by atoms with Crippen LogP contribution < -0.4 is 0 Å². The average molecular weight is 290 g/mol. The lowest BCUT2D eigenvalue weighted by atomic mass is 10.1. The molecule has 1 aromatic carbocycles. The van der Waals surface area contributed by atoms with Crippen molar-refractivity contribution in [2.24, 2.45) is 0 Å². The summed E-state index contributed by atoms with van der Waals surface area (Å²) in [7, 11) is 1.13. The van der Waals surface area contributed by atoms with E-state index in [1.165, 1.54) is 18.2 Å². The summed E-state index contributed by atoms with van der Waals surface area (Å²) in [5.74, 6) is -0.801. The van der Waals surface area contributed by atoms with Gasteiger partial charge in [-0.2, -0.15) is 13.2 Å². The number of benzene rings is 1. The van der Waals surface area contributed by atoms with Gasteiger partial charge in [-0.15, -0.1) is 0 Å². The highest BCUT2D eigenvalue weighted by atomic mass is 35.5. The molecule has 0 atom stereocenters. The molecular formula is C12H7ClF3NO2. The number of hydrogen-bond donors (Lipinski definition) is 0. The Morgan fingerprint density at radius 1 is 1.32 bits per heavy atom. The van der Waals surface area contributed by atoms with Crippen LogP contribution in [-0.4, -0.2) is 18.1 Å². The summed E-state index contributed by atoms with van der Waals surface area (Å²) < 4.78 is 43.1. The first-order chi connectivity index (χ1) is 8.82. The third kappa shape index (κ3) is 2.63. The molecule has 0 amide bonds. The molecule has 0 bridgehead atoms. The number of pyridine rings is 1. The number of rotatable bonds is 1. The van der Waals surface area contributed by atoms with Crippen LogP contribution in [-0.2, 0) is 10.9 Å². The summed E-state index contributed by atoms with van der Waals surface area (Å²) in [6, 6.07) is 4.75. The molecule has 100 valence electrons. The second-order valence-electron chi connectivity index (χ2n) is 3.71. The van der Waals surface area contributed by atoms with Crippen molar-refractivity contribution in [1.82, 2.24) is 4.98 Å². The van der Waals surface area contributed by atoms with E-state index in [1.54, 1.807) is 0 Å². The molecule has 7 heteroatoms. The molecule has 0 N–H and O–H groups in total. The Morgan fingerprint density at radius 2 is 2.00 bits per heavy atom. The number of esters is 1. The van der Waals surface area contributed by atoms with Gasteiger partial charge in [0.25, 0.3) is 0 Å². The van der Waals surface area contributed by atoms with E-state index in [0.717, 1.165) is 13.2 Å². The minimum Gasteiger partial charge on any atom is -0.464 e. The number of methoxy groups -OCH3 is 1. The normalized spacial score (nSPS) is 11.6. The van der Waals surface area contributed by atoms with E-state index in [9.17, 15) is 18.0 Å². The van der Waals surface area contributed by atoms with Gasteiger partial charge in [0.15, 0.2) is 0 Å². The molecule has 2 rings (SSSR count). The van der Waals surface area contributed by atoms with Crippen LogP contribution in [0.5, 0.6) is 0 Å². The van der Waals surface area contributed by atoms with E-state index in [4.69, 9.17) is 11.6 Å². The lowest BCUT2D eigenvalue weighted by molar-refractivity contribution is -0.136. The van der Waals surface area contributed by atoms with Crippen LogP contribution in [0, 0.1) is 0 Å². The van der Waals surface area contributed by atoms with Crippen molar-refractivity contribution in [3.8, 4) is 0 Å². The molecule has 0 unspecified atom stereocenters. The van der Waals surface area contributed by atoms with Gasteiger partial charge in [-0.25, -0.2) is 9.78 Å². The maximum absolute atomic E-state index is 12.9. The molecule has 2 aromatic rings. The first kappa shape index (κ1) is 13.6. The smallest absolute Gasteiger partial charge is 0.418 e. The molecule has 3 nitrogen and oxygen atoms in total. The first-order valence-corrected chi connectivity index (χ1v) is 5.46. The maximum Gasteiger partial charge on any atom is 0.418 e. The first-order valence-electron chi connectivity index (χ1n) is 5.09. The zero-order chi connectivity index (χ0) is 14.2. The lowest BCUT2D eigenvalue weighted by Gasteiger charge is -2.11. The number of hydrogen-bond acceptors (Lipinski definition) is 3. The van der Waals surface area contributed by atoms with Gasteiger partial charge in [-0.1, -0.05) is 17.7 Å². The number of carbonyl (C=O) groups excluding carboxylic acids is 1. The van der Waals surface area contributed by atoms with Gasteiger partial charge in [0.2, 0.25) is 0 Å². The van der Waals surface area contributed by atoms with Gasteiger partial charge < -0.3 is 4.74 Å². The molecule has 1 aromatic heterocycles. The van der Waals surface area contributed by atoms with Crippen molar-refractivity contribution in [2.75, 3.05) is 7.11 Å². The van der Waals surface area contributed by atoms with E-state index < -0.39 is 17.7 Å². The van der Waals surface area contributed by atoms with Gasteiger partial charge in [-0.05, 0) is 18.2 Å². The van der Waals surface area contributed by atoms with Crippen LogP contribution in [0.25, 0.3) is 10.9 Å². The number of aromatic nitrogens is 1. The molecule has 1 heterocycles. The summed E-state index contributed by atoms with van der Waals surface area (Å²) in [6.45, 7) is 0. The molecule has 0 aliphatic heterocycles. The SMILES string of the molecule is COC(=O)c1ccc2cc(Cl)cc(C(F)(F)F)c2n1. The molecule has 0 spiro atoms. The fourth-order valence-corrected chi connectivity index (χ4v) is 1.86. The number of ether oxygens (including phenoxy) is 1. The minimum absolute atomic E-state index is 0.0487. The minimum atomic E-state index is -4.61. The van der Waals surface area contributed by atoms with Crippen molar-refractivity contribution in [1.29, 1.82) is 0 Å². The molecular weight excluding hydrogens is 283 g/mol. The maximum atomic E-state index is 12.9. The van der Waals surface area contributed by atoms with Crippen LogP contribution in [0.1, 0.15) is 16.1 Å². The van der Waals surface area contributed by atoms with E-state index >= 15 is 0 Å². The molecule has 0 aliphatic carbocycles. The third-order valence-electron chi connectivity index (χ3n) is 2.46. The second-order valence-corrected chi connectivity index (χ2v) is 4.15. The lowest BCUT2D eigenvalue weighted by Crippen LogP contribution is -2.09. The number of halogens is 4. The van der Waals surface area contributed by atoms with Crippen molar-refractivity contribution in [2.45, 2.75) is 6.18 Å². The highest BCUT2D eigenvalue weighted by molar-refractivity contribution is 6.31. The van der Waals surface area contributed by atoms with E-state index in [2.05, 4.69) is 9.72 Å². The largest absolute Gasteiger partial charge is 0.464 e. The summed E-state index contributed by atoms with van der Waals surface area (Å²) >= 11 is 5.64. The van der Waals surface area contributed by atoms with Crippen LogP contribution in [0.3, 0.4) is 0 Å². The van der Waals surface area contributed by atoms with Crippen molar-refractivity contribution in [3.63, 3.8) is 0 Å². The fourth-order valence-electron chi connectivity index (χ4n) is 1.63. The third-order valence-corrected chi connectivity index (χ3v) is 2.68. The standard InChI is InChI=1S/C12H7ClF3NO2/c1-19-11(18)9-3-2-6-4-7(13)5-8(10(6)17-9)12(14,15)16/h2-5H,1H3. The van der Waals surface area contributed by atoms with E-state index in [-0.39, 0.29) is 21.6 Å². The zero-order valence-corrected chi connectivity index (χ0v) is 10.3. The molecule has 0 saturated heterocycles. The number of fused-ring (bicyclic) bond motifs is 1. The van der Waals surface area contributed by atoms with Crippen molar-refractivity contribution in [3.05, 3.63) is 40.5 Å². The predicted octanol–water partition coefficient (Wildman–Crippen LogP) is 3.69. The van der Waals surface area contributed by atoms with Crippen LogP contribution in [0.4, 0.5) is 13.2 Å². The monoisotopic (exact) mass is 289 g/mol. The quantitative estimate of drug-likeness (QED) is 0.752. The number of nitrogens with zero attached hydrogens (tertiary/aromatic N) is 1. The second kappa shape index (κ2) is 4.70. The van der Waals surface area contributed by atoms with Gasteiger partial charge in [-0.3, -0.25) is 0 Å². The van der Waals surface area contributed by atoms with Gasteiger partial charge in [0, 0.05) is 10.4 Å². The number of alkyl halides is 3. The van der Waals surface area contributed by atoms with Crippen molar-refractivity contribution < 1.29 is 22.7 Å². The number of carbonyl (C=O) groups is 1. The highest BCUT2D eigenvalue weighted by Gasteiger charge is 2.34. The fraction of sp³-hybridized carbons (Fsp3) is 0.167. The van der Waals surface area contributed by atoms with Crippen LogP contribution in [0.15, 0.2) is 24.3 Å². The van der Waals surface area contributed by atoms with Crippen LogP contribution in [0.2, 0.25) is 5.02 Å². The highest BCUT2D eigenvalue weighted by Crippen LogP contribution is 2.36. The Hall–Kier alpha value is -1.82. The predicted molar refractivity (Wildman–Crippen MR) is 63.1 cm³/mol. The Bertz CT molecular complexity index is 655. The van der Waals surface area contributed by atoms with Crippen LogP contribution >= 0.6 is 11.6 Å². The Morgan fingerprint density at radius 3 is 2.58 bits per heavy atom. The molecule has 0 aliphatic rings. The summed E-state index contributed by atoms with van der Waals surface area (Å²) in [6.07, 6.45) is -4.61. The zero-order valence-electron chi connectivity index (χ0n) is 9.58. The average Bonchev–Trinajstić information content (AvgIpc) is 2.35. The Balaban J connectivity index is 2.76. The molecule has 19 heavy (non-hydrogen) atoms. The van der Waals surface area contributed by atoms with E-state index in [1.807, 2.05) is 0 Å². The summed E-state index contributed by atoms with van der Waals surface area (Å²) in [5.41, 5.74) is -1.51. The summed E-state index contributed by atoms with van der Waals surface area (Å²) in [4.78, 5) is 15.0. The van der Waals surface area contributed by atoms with Gasteiger partial charge in [0.1, 0.15) is 5.69 Å². The van der Waals surface area contributed by atoms with Crippen molar-refractivity contribution >= 4 is 28.5 Å². The molecule has 0 fully saturated rings. The Labute approximate surface area is 111 Å². The Kier molecular flexibility index (Phi) is 3.36. The van der Waals surface area contributed by atoms with Gasteiger partial charge >= 0.3 is 12.1 Å². The summed E-state index contributed by atoms with van der Waals surface area (Å²) in [5, 5.41) is 0.153. The van der Waals surface area contributed by atoms with E-state index in [0.29, 0.717) is 0 Å². The molecule has 0 saturated carbocycles. The van der Waals surface area contributed by atoms with Gasteiger partial charge in [0.05, 0.1) is 18.2 Å².